The minimum Gasteiger partial charge on any atom is -0.481 e. The summed E-state index contributed by atoms with van der Waals surface area (Å²) in [5.41, 5.74) is 0.503. The number of nitrogens with zero attached hydrogens (tertiary/aromatic N) is 1. The van der Waals surface area contributed by atoms with E-state index in [0.29, 0.717) is 24.4 Å². The minimum atomic E-state index is -0.324. The maximum Gasteiger partial charge on any atom is 0.252 e. The zero-order chi connectivity index (χ0) is 12.7. The van der Waals surface area contributed by atoms with E-state index in [2.05, 4.69) is 10.3 Å². The lowest BCUT2D eigenvalue weighted by molar-refractivity contribution is 0.0949. The predicted octanol–water partition coefficient (Wildman–Crippen LogP) is 0.981. The Labute approximate surface area is 101 Å². The fourth-order valence-corrected chi connectivity index (χ4v) is 1.34. The van der Waals surface area contributed by atoms with E-state index < -0.39 is 0 Å². The van der Waals surface area contributed by atoms with Crippen molar-refractivity contribution in [1.82, 2.24) is 10.3 Å². The van der Waals surface area contributed by atoms with E-state index in [1.807, 2.05) is 0 Å². The third-order valence-corrected chi connectivity index (χ3v) is 2.29. The van der Waals surface area contributed by atoms with Crippen LogP contribution in [0.5, 0.6) is 5.88 Å². The van der Waals surface area contributed by atoms with Gasteiger partial charge in [-0.15, -0.1) is 0 Å². The summed E-state index contributed by atoms with van der Waals surface area (Å²) < 4.78 is 4.90. The van der Waals surface area contributed by atoms with Crippen LogP contribution in [0.3, 0.4) is 0 Å². The molecule has 17 heavy (non-hydrogen) atoms. The van der Waals surface area contributed by atoms with Gasteiger partial charge in [-0.25, -0.2) is 4.98 Å². The summed E-state index contributed by atoms with van der Waals surface area (Å²) in [5, 5.41) is 11.8. The molecule has 0 aromatic carbocycles. The second-order valence-corrected chi connectivity index (χ2v) is 3.84. The van der Waals surface area contributed by atoms with Gasteiger partial charge >= 0.3 is 0 Å². The van der Waals surface area contributed by atoms with E-state index in [0.717, 1.165) is 6.42 Å². The van der Waals surface area contributed by atoms with Crippen molar-refractivity contribution in [3.8, 4) is 5.88 Å². The molecule has 5 heteroatoms. The molecule has 0 aliphatic carbocycles. The monoisotopic (exact) mass is 238 g/mol. The molecule has 0 aliphatic heterocycles. The molecular formula is C12H18N2O3. The fourth-order valence-electron chi connectivity index (χ4n) is 1.34. The number of carbonyl (C=O) groups excluding carboxylic acids is 1. The van der Waals surface area contributed by atoms with Crippen molar-refractivity contribution < 1.29 is 14.6 Å². The highest BCUT2D eigenvalue weighted by Crippen LogP contribution is 2.06. The van der Waals surface area contributed by atoms with Gasteiger partial charge in [0.2, 0.25) is 5.88 Å². The Kier molecular flexibility index (Phi) is 5.42. The Hall–Kier alpha value is -1.62. The number of nitrogens with one attached hydrogen (secondary N) is 1. The third-order valence-electron chi connectivity index (χ3n) is 2.29. The number of ether oxygens (including phenoxy) is 1. The van der Waals surface area contributed by atoms with Crippen molar-refractivity contribution in [3.05, 3.63) is 23.9 Å². The number of pyridine rings is 1. The first-order chi connectivity index (χ1) is 8.13. The molecule has 1 aromatic heterocycles. The standard InChI is InChI=1S/C12H18N2O3/c1-9(15)4-3-7-13-12(16)10-5-6-11(17-2)14-8-10/h5-6,8-9,15H,3-4,7H2,1-2H3,(H,13,16). The first-order valence-corrected chi connectivity index (χ1v) is 5.60. The van der Waals surface area contributed by atoms with Gasteiger partial charge in [-0.2, -0.15) is 0 Å². The molecule has 0 aliphatic rings. The van der Waals surface area contributed by atoms with E-state index in [-0.39, 0.29) is 12.0 Å². The number of aliphatic hydroxyl groups excluding tert-OH is 1. The number of methoxy groups -OCH3 is 1. The number of hydrogen-bond donors (Lipinski definition) is 2. The Morgan fingerprint density at radius 2 is 2.35 bits per heavy atom. The van der Waals surface area contributed by atoms with Crippen LogP contribution >= 0.6 is 0 Å². The summed E-state index contributed by atoms with van der Waals surface area (Å²) in [7, 11) is 1.53. The van der Waals surface area contributed by atoms with Gasteiger partial charge in [0.15, 0.2) is 0 Å². The van der Waals surface area contributed by atoms with Crippen LogP contribution in [0.2, 0.25) is 0 Å². The van der Waals surface area contributed by atoms with Gasteiger partial charge in [-0.3, -0.25) is 4.79 Å². The zero-order valence-corrected chi connectivity index (χ0v) is 10.1. The van der Waals surface area contributed by atoms with E-state index >= 15 is 0 Å². The molecule has 1 aromatic rings. The summed E-state index contributed by atoms with van der Waals surface area (Å²) in [4.78, 5) is 15.6. The lowest BCUT2D eigenvalue weighted by Crippen LogP contribution is -2.25. The number of aromatic nitrogens is 1. The van der Waals surface area contributed by atoms with E-state index in [4.69, 9.17) is 9.84 Å². The molecule has 1 heterocycles. The van der Waals surface area contributed by atoms with Crippen molar-refractivity contribution in [1.29, 1.82) is 0 Å². The Morgan fingerprint density at radius 3 is 2.88 bits per heavy atom. The Balaban J connectivity index is 2.36. The molecule has 5 nitrogen and oxygen atoms in total. The Morgan fingerprint density at radius 1 is 1.59 bits per heavy atom. The van der Waals surface area contributed by atoms with Crippen molar-refractivity contribution in [2.45, 2.75) is 25.9 Å². The maximum absolute atomic E-state index is 11.6. The molecule has 1 unspecified atom stereocenters. The summed E-state index contributed by atoms with van der Waals surface area (Å²) in [6.45, 7) is 2.28. The number of hydrogen-bond acceptors (Lipinski definition) is 4. The lowest BCUT2D eigenvalue weighted by Gasteiger charge is -2.06. The average molecular weight is 238 g/mol. The van der Waals surface area contributed by atoms with Gasteiger partial charge in [0.25, 0.3) is 5.91 Å². The first kappa shape index (κ1) is 13.4. The topological polar surface area (TPSA) is 71.5 Å². The second-order valence-electron chi connectivity index (χ2n) is 3.84. The van der Waals surface area contributed by atoms with Gasteiger partial charge in [0.1, 0.15) is 0 Å². The summed E-state index contributed by atoms with van der Waals surface area (Å²) in [5.74, 6) is 0.321. The Bertz CT molecular complexity index is 349. The van der Waals surface area contributed by atoms with Gasteiger partial charge in [0.05, 0.1) is 18.8 Å². The highest BCUT2D eigenvalue weighted by molar-refractivity contribution is 5.93. The number of aliphatic hydroxyl groups is 1. The fraction of sp³-hybridized carbons (Fsp3) is 0.500. The molecule has 1 atom stereocenters. The molecule has 0 bridgehead atoms. The van der Waals surface area contributed by atoms with Crippen LogP contribution in [-0.4, -0.2) is 35.8 Å². The van der Waals surface area contributed by atoms with E-state index in [1.54, 1.807) is 19.1 Å². The van der Waals surface area contributed by atoms with Gasteiger partial charge < -0.3 is 15.2 Å². The second kappa shape index (κ2) is 6.85. The molecule has 0 radical (unpaired) electrons. The van der Waals surface area contributed by atoms with Crippen LogP contribution in [0.4, 0.5) is 0 Å². The summed E-state index contributed by atoms with van der Waals surface area (Å²) in [6.07, 6.45) is 2.59. The first-order valence-electron chi connectivity index (χ1n) is 5.60. The predicted molar refractivity (Wildman–Crippen MR) is 64.0 cm³/mol. The zero-order valence-electron chi connectivity index (χ0n) is 10.1. The molecule has 0 fully saturated rings. The van der Waals surface area contributed by atoms with Gasteiger partial charge in [-0.05, 0) is 25.8 Å². The highest BCUT2D eigenvalue weighted by Gasteiger charge is 2.05. The molecular weight excluding hydrogens is 220 g/mol. The molecule has 2 N–H and O–H groups in total. The highest BCUT2D eigenvalue weighted by atomic mass is 16.5. The molecule has 94 valence electrons. The molecule has 1 rings (SSSR count). The van der Waals surface area contributed by atoms with Crippen molar-refractivity contribution >= 4 is 5.91 Å². The van der Waals surface area contributed by atoms with E-state index in [1.165, 1.54) is 13.3 Å². The van der Waals surface area contributed by atoms with Crippen LogP contribution < -0.4 is 10.1 Å². The lowest BCUT2D eigenvalue weighted by atomic mass is 10.2. The van der Waals surface area contributed by atoms with Crippen molar-refractivity contribution in [3.63, 3.8) is 0 Å². The maximum atomic E-state index is 11.6. The van der Waals surface area contributed by atoms with Crippen LogP contribution in [0.25, 0.3) is 0 Å². The number of rotatable bonds is 6. The van der Waals surface area contributed by atoms with Crippen LogP contribution in [0, 0.1) is 0 Å². The quantitative estimate of drug-likeness (QED) is 0.725. The van der Waals surface area contributed by atoms with Gasteiger partial charge in [0, 0.05) is 18.8 Å². The normalized spacial score (nSPS) is 11.9. The summed E-state index contributed by atoms with van der Waals surface area (Å²) in [6, 6.07) is 3.31. The summed E-state index contributed by atoms with van der Waals surface area (Å²) >= 11 is 0. The number of carbonyl (C=O) groups is 1. The SMILES string of the molecule is COc1ccc(C(=O)NCCCC(C)O)cn1. The minimum absolute atomic E-state index is 0.161. The van der Waals surface area contributed by atoms with Crippen LogP contribution in [0.15, 0.2) is 18.3 Å². The van der Waals surface area contributed by atoms with Crippen molar-refractivity contribution in [2.24, 2.45) is 0 Å². The van der Waals surface area contributed by atoms with Crippen LogP contribution in [-0.2, 0) is 0 Å². The molecule has 1 amide bonds. The molecule has 0 saturated heterocycles. The van der Waals surface area contributed by atoms with Crippen LogP contribution in [0.1, 0.15) is 30.1 Å². The average Bonchev–Trinajstić information content (AvgIpc) is 2.34. The van der Waals surface area contributed by atoms with Gasteiger partial charge in [-0.1, -0.05) is 0 Å². The molecule has 0 spiro atoms. The molecule has 0 saturated carbocycles. The van der Waals surface area contributed by atoms with E-state index in [9.17, 15) is 4.79 Å². The van der Waals surface area contributed by atoms with Crippen molar-refractivity contribution in [2.75, 3.05) is 13.7 Å². The largest absolute Gasteiger partial charge is 0.481 e. The third kappa shape index (κ3) is 4.82. The smallest absolute Gasteiger partial charge is 0.252 e. The number of amides is 1.